The lowest BCUT2D eigenvalue weighted by Crippen LogP contribution is -2.48. The molecule has 0 bridgehead atoms. The minimum Gasteiger partial charge on any atom is -0.450 e. The Morgan fingerprint density at radius 1 is 1.05 bits per heavy atom. The molecular weight excluding hydrogens is 484 g/mol. The highest BCUT2D eigenvalue weighted by atomic mass is 19.1. The fraction of sp³-hybridized carbons (Fsp3) is 0.423. The van der Waals surface area contributed by atoms with Crippen molar-refractivity contribution < 1.29 is 27.8 Å². The lowest BCUT2D eigenvalue weighted by molar-refractivity contribution is -0.131. The molecule has 1 heterocycles. The van der Waals surface area contributed by atoms with Crippen LogP contribution < -0.4 is 14.8 Å². The third-order valence-electron chi connectivity index (χ3n) is 5.46. The zero-order chi connectivity index (χ0) is 27.3. The average Bonchev–Trinajstić information content (AvgIpc) is 3.18. The van der Waals surface area contributed by atoms with Crippen LogP contribution in [-0.2, 0) is 11.3 Å². The van der Waals surface area contributed by atoms with E-state index in [-0.39, 0.29) is 23.2 Å². The van der Waals surface area contributed by atoms with Crippen LogP contribution in [0.2, 0.25) is 0 Å². The van der Waals surface area contributed by atoms with Crippen LogP contribution in [0.3, 0.4) is 0 Å². The second-order valence-corrected chi connectivity index (χ2v) is 9.67. The van der Waals surface area contributed by atoms with Gasteiger partial charge in [0.2, 0.25) is 5.91 Å². The normalized spacial score (nSPS) is 12.2. The van der Waals surface area contributed by atoms with E-state index in [0.29, 0.717) is 42.4 Å². The van der Waals surface area contributed by atoms with Crippen LogP contribution in [0.1, 0.15) is 20.3 Å². The molecule has 0 aliphatic heterocycles. The fourth-order valence-corrected chi connectivity index (χ4v) is 3.64. The topological polar surface area (TPSA) is 88.9 Å². The number of likely N-dealkylation sites (N-methyl/N-ethyl adjacent to an activating group) is 1. The molecule has 0 radical (unpaired) electrons. The standard InChI is InChI=1S/C26H33F2N5O4/c1-16(2)15-33-21-13-24(37-26(35)30-20(9-10-31(3)4)25(34)32(5)6)23(11-17(21)14-29-33)36-22-8-7-18(27)12-19(22)28/h7-8,11-14,16,20H,9-10,15H2,1-6H3,(H,30,35)/t20-/m0/s1. The Morgan fingerprint density at radius 2 is 1.78 bits per heavy atom. The molecule has 9 nitrogen and oxygen atoms in total. The number of amides is 2. The van der Waals surface area contributed by atoms with Crippen molar-refractivity contribution >= 4 is 22.9 Å². The van der Waals surface area contributed by atoms with Gasteiger partial charge in [-0.05, 0) is 51.2 Å². The van der Waals surface area contributed by atoms with Gasteiger partial charge in [-0.15, -0.1) is 0 Å². The van der Waals surface area contributed by atoms with E-state index in [1.807, 2.05) is 32.8 Å². The molecule has 11 heteroatoms. The maximum absolute atomic E-state index is 14.3. The molecule has 3 aromatic rings. The molecule has 1 atom stereocenters. The van der Waals surface area contributed by atoms with Crippen molar-refractivity contribution in [3.05, 3.63) is 48.2 Å². The van der Waals surface area contributed by atoms with Gasteiger partial charge in [0.05, 0.1) is 11.7 Å². The van der Waals surface area contributed by atoms with Crippen molar-refractivity contribution in [1.82, 2.24) is 24.9 Å². The lowest BCUT2D eigenvalue weighted by atomic mass is 10.2. The van der Waals surface area contributed by atoms with E-state index in [0.717, 1.165) is 12.1 Å². The molecule has 0 saturated carbocycles. The van der Waals surface area contributed by atoms with E-state index in [2.05, 4.69) is 10.4 Å². The summed E-state index contributed by atoms with van der Waals surface area (Å²) in [7, 11) is 6.93. The number of carbonyl (C=O) groups is 2. The number of halogens is 2. The van der Waals surface area contributed by atoms with Crippen molar-refractivity contribution in [3.63, 3.8) is 0 Å². The highest BCUT2D eigenvalue weighted by molar-refractivity contribution is 5.87. The third kappa shape index (κ3) is 7.39. The first-order valence-electron chi connectivity index (χ1n) is 11.9. The molecule has 3 rings (SSSR count). The van der Waals surface area contributed by atoms with Crippen molar-refractivity contribution in [2.75, 3.05) is 34.7 Å². The van der Waals surface area contributed by atoms with Crippen LogP contribution in [0.4, 0.5) is 13.6 Å². The quantitative estimate of drug-likeness (QED) is 0.432. The van der Waals surface area contributed by atoms with Gasteiger partial charge in [0.25, 0.3) is 0 Å². The zero-order valence-corrected chi connectivity index (χ0v) is 21.9. The summed E-state index contributed by atoms with van der Waals surface area (Å²) in [4.78, 5) is 28.9. The summed E-state index contributed by atoms with van der Waals surface area (Å²) in [6.45, 7) is 5.26. The number of nitrogens with one attached hydrogen (secondary N) is 1. The molecule has 0 aliphatic carbocycles. The number of nitrogens with zero attached hydrogens (tertiary/aromatic N) is 4. The van der Waals surface area contributed by atoms with Crippen LogP contribution in [0.25, 0.3) is 10.9 Å². The lowest BCUT2D eigenvalue weighted by Gasteiger charge is -2.23. The number of ether oxygens (including phenoxy) is 2. The first-order chi connectivity index (χ1) is 17.4. The SMILES string of the molecule is CC(C)Cn1ncc2cc(Oc3ccc(F)cc3F)c(OC(=O)N[C@@H](CCN(C)C)C(=O)N(C)C)cc21. The minimum atomic E-state index is -0.911. The van der Waals surface area contributed by atoms with Crippen LogP contribution in [-0.4, -0.2) is 72.4 Å². The van der Waals surface area contributed by atoms with Crippen LogP contribution in [0, 0.1) is 17.6 Å². The molecule has 0 saturated heterocycles. The number of carbonyl (C=O) groups excluding carboxylic acids is 2. The number of fused-ring (bicyclic) bond motifs is 1. The van der Waals surface area contributed by atoms with Crippen LogP contribution in [0.15, 0.2) is 36.5 Å². The van der Waals surface area contributed by atoms with Crippen LogP contribution in [0.5, 0.6) is 17.2 Å². The van der Waals surface area contributed by atoms with Gasteiger partial charge < -0.3 is 24.6 Å². The second kappa shape index (κ2) is 12.0. The van der Waals surface area contributed by atoms with Gasteiger partial charge in [-0.2, -0.15) is 5.10 Å². The molecule has 1 aromatic heterocycles. The fourth-order valence-electron chi connectivity index (χ4n) is 3.64. The molecule has 0 aliphatic rings. The van der Waals surface area contributed by atoms with Crippen LogP contribution >= 0.6 is 0 Å². The minimum absolute atomic E-state index is 0.0112. The Bertz CT molecular complexity index is 1260. The molecule has 200 valence electrons. The van der Waals surface area contributed by atoms with E-state index in [1.54, 1.807) is 37.1 Å². The number of aromatic nitrogens is 2. The number of hydrogen-bond acceptors (Lipinski definition) is 6. The van der Waals surface area contributed by atoms with Crippen molar-refractivity contribution in [2.45, 2.75) is 32.9 Å². The maximum atomic E-state index is 14.3. The first-order valence-corrected chi connectivity index (χ1v) is 11.9. The van der Waals surface area contributed by atoms with Gasteiger partial charge in [0.1, 0.15) is 11.9 Å². The predicted molar refractivity (Wildman–Crippen MR) is 136 cm³/mol. The van der Waals surface area contributed by atoms with E-state index < -0.39 is 23.8 Å². The highest BCUT2D eigenvalue weighted by Gasteiger charge is 2.25. The van der Waals surface area contributed by atoms with Gasteiger partial charge in [-0.25, -0.2) is 13.6 Å². The first kappa shape index (κ1) is 27.9. The summed E-state index contributed by atoms with van der Waals surface area (Å²) < 4.78 is 40.8. The second-order valence-electron chi connectivity index (χ2n) is 9.67. The summed E-state index contributed by atoms with van der Waals surface area (Å²) in [6, 6.07) is 5.23. The molecule has 0 fully saturated rings. The number of benzene rings is 2. The van der Waals surface area contributed by atoms with Crippen molar-refractivity contribution in [1.29, 1.82) is 0 Å². The Labute approximate surface area is 214 Å². The van der Waals surface area contributed by atoms with Gasteiger partial charge in [-0.1, -0.05) is 13.8 Å². The van der Waals surface area contributed by atoms with E-state index in [4.69, 9.17) is 9.47 Å². The van der Waals surface area contributed by atoms with Crippen molar-refractivity contribution in [3.8, 4) is 17.2 Å². The smallest absolute Gasteiger partial charge is 0.413 e. The van der Waals surface area contributed by atoms with Crippen molar-refractivity contribution in [2.24, 2.45) is 5.92 Å². The van der Waals surface area contributed by atoms with Gasteiger partial charge in [0, 0.05) is 38.2 Å². The van der Waals surface area contributed by atoms with E-state index in [1.165, 1.54) is 4.90 Å². The predicted octanol–water partition coefficient (Wildman–Crippen LogP) is 4.26. The third-order valence-corrected chi connectivity index (χ3v) is 5.46. The Balaban J connectivity index is 1.95. The summed E-state index contributed by atoms with van der Waals surface area (Å²) in [5.74, 6) is -1.87. The Hall–Kier alpha value is -3.73. The molecule has 0 spiro atoms. The van der Waals surface area contributed by atoms with Gasteiger partial charge in [-0.3, -0.25) is 9.48 Å². The largest absolute Gasteiger partial charge is 0.450 e. The van der Waals surface area contributed by atoms with E-state index in [9.17, 15) is 18.4 Å². The Kier molecular flexibility index (Phi) is 9.04. The van der Waals surface area contributed by atoms with E-state index >= 15 is 0 Å². The molecule has 2 amide bonds. The summed E-state index contributed by atoms with van der Waals surface area (Å²) in [5.41, 5.74) is 0.678. The molecule has 1 N–H and O–H groups in total. The summed E-state index contributed by atoms with van der Waals surface area (Å²) in [5, 5.41) is 7.69. The highest BCUT2D eigenvalue weighted by Crippen LogP contribution is 2.37. The molecule has 37 heavy (non-hydrogen) atoms. The Morgan fingerprint density at radius 3 is 2.41 bits per heavy atom. The number of hydrogen-bond donors (Lipinski definition) is 1. The molecular formula is C26H33F2N5O4. The molecule has 0 unspecified atom stereocenters. The zero-order valence-electron chi connectivity index (χ0n) is 21.9. The monoisotopic (exact) mass is 517 g/mol. The van der Waals surface area contributed by atoms with Gasteiger partial charge >= 0.3 is 6.09 Å². The average molecular weight is 518 g/mol. The number of rotatable bonds is 10. The summed E-state index contributed by atoms with van der Waals surface area (Å²) in [6.07, 6.45) is 1.11. The molecule has 2 aromatic carbocycles. The summed E-state index contributed by atoms with van der Waals surface area (Å²) >= 11 is 0. The maximum Gasteiger partial charge on any atom is 0.413 e. The van der Waals surface area contributed by atoms with Gasteiger partial charge in [0.15, 0.2) is 23.1 Å².